The molecule has 4 rings (SSSR count). The number of halogens is 3. The van der Waals surface area contributed by atoms with E-state index in [1.807, 2.05) is 29.6 Å². The van der Waals surface area contributed by atoms with Gasteiger partial charge in [0.15, 0.2) is 0 Å². The van der Waals surface area contributed by atoms with E-state index in [2.05, 4.69) is 21.2 Å². The normalized spacial score (nSPS) is 16.3. The average molecular weight is 480 g/mol. The SMILES string of the molecule is O=C1CN(C(=O)c2c(F)cccc2Cl)C(c2cccs2)c2cc(Br)ccc2N1. The predicted octanol–water partition coefficient (Wildman–Crippen LogP) is 5.49. The lowest BCUT2D eigenvalue weighted by Gasteiger charge is -2.30. The Balaban J connectivity index is 1.91. The number of carbonyl (C=O) groups is 2. The van der Waals surface area contributed by atoms with Crippen LogP contribution in [0, 0.1) is 5.82 Å². The van der Waals surface area contributed by atoms with E-state index in [1.165, 1.54) is 34.4 Å². The van der Waals surface area contributed by atoms with E-state index >= 15 is 0 Å². The molecule has 1 aliphatic heterocycles. The molecule has 4 nitrogen and oxygen atoms in total. The molecule has 142 valence electrons. The van der Waals surface area contributed by atoms with Crippen LogP contribution in [-0.4, -0.2) is 23.3 Å². The maximum absolute atomic E-state index is 14.4. The Hall–Kier alpha value is -2.22. The molecule has 8 heteroatoms. The molecule has 1 aromatic heterocycles. The summed E-state index contributed by atoms with van der Waals surface area (Å²) in [7, 11) is 0. The molecule has 0 saturated heterocycles. The molecule has 0 bridgehead atoms. The molecule has 0 fully saturated rings. The van der Waals surface area contributed by atoms with Crippen LogP contribution in [0.1, 0.15) is 26.8 Å². The fraction of sp³-hybridized carbons (Fsp3) is 0.100. The van der Waals surface area contributed by atoms with Crippen LogP contribution >= 0.6 is 38.9 Å². The summed E-state index contributed by atoms with van der Waals surface area (Å²) < 4.78 is 15.3. The summed E-state index contributed by atoms with van der Waals surface area (Å²) in [6, 6.07) is 12.7. The molecule has 1 unspecified atom stereocenters. The lowest BCUT2D eigenvalue weighted by molar-refractivity contribution is -0.117. The first kappa shape index (κ1) is 19.1. The van der Waals surface area contributed by atoms with Crippen LogP contribution in [0.3, 0.4) is 0 Å². The third kappa shape index (κ3) is 3.45. The van der Waals surface area contributed by atoms with Gasteiger partial charge in [0.1, 0.15) is 12.4 Å². The van der Waals surface area contributed by atoms with Crippen molar-refractivity contribution >= 4 is 56.4 Å². The first-order chi connectivity index (χ1) is 13.5. The topological polar surface area (TPSA) is 49.4 Å². The molecule has 2 heterocycles. The molecule has 2 aromatic carbocycles. The third-order valence-corrected chi connectivity index (χ3v) is 6.19. The van der Waals surface area contributed by atoms with Gasteiger partial charge in [-0.1, -0.05) is 39.7 Å². The second-order valence-electron chi connectivity index (χ2n) is 6.23. The largest absolute Gasteiger partial charge is 0.324 e. The molecule has 0 saturated carbocycles. The van der Waals surface area contributed by atoms with Gasteiger partial charge >= 0.3 is 0 Å². The van der Waals surface area contributed by atoms with Crippen molar-refractivity contribution in [2.75, 3.05) is 11.9 Å². The zero-order valence-electron chi connectivity index (χ0n) is 14.3. The zero-order chi connectivity index (χ0) is 19.8. The van der Waals surface area contributed by atoms with Crippen molar-refractivity contribution in [2.45, 2.75) is 6.04 Å². The lowest BCUT2D eigenvalue weighted by Crippen LogP contribution is -2.39. The molecule has 3 aromatic rings. The first-order valence-corrected chi connectivity index (χ1v) is 10.4. The molecule has 0 radical (unpaired) electrons. The number of carbonyl (C=O) groups excluding carboxylic acids is 2. The highest BCUT2D eigenvalue weighted by atomic mass is 79.9. The minimum absolute atomic E-state index is 0.00838. The fourth-order valence-electron chi connectivity index (χ4n) is 3.27. The number of benzene rings is 2. The van der Waals surface area contributed by atoms with Gasteiger partial charge in [-0.2, -0.15) is 0 Å². The minimum Gasteiger partial charge on any atom is -0.324 e. The van der Waals surface area contributed by atoms with E-state index in [1.54, 1.807) is 6.07 Å². The number of nitrogens with zero attached hydrogens (tertiary/aromatic N) is 1. The number of anilines is 1. The second kappa shape index (κ2) is 7.66. The lowest BCUT2D eigenvalue weighted by atomic mass is 10.0. The van der Waals surface area contributed by atoms with E-state index in [9.17, 15) is 14.0 Å². The maximum atomic E-state index is 14.4. The highest BCUT2D eigenvalue weighted by Crippen LogP contribution is 2.40. The molecular formula is C20H13BrClFN2O2S. The molecule has 0 aliphatic carbocycles. The van der Waals surface area contributed by atoms with Gasteiger partial charge in [0.05, 0.1) is 16.6 Å². The third-order valence-electron chi connectivity index (χ3n) is 4.46. The highest BCUT2D eigenvalue weighted by Gasteiger charge is 2.36. The Kier molecular flexibility index (Phi) is 5.23. The molecule has 1 aliphatic rings. The van der Waals surface area contributed by atoms with Crippen LogP contribution < -0.4 is 5.32 Å². The van der Waals surface area contributed by atoms with Crippen molar-refractivity contribution in [2.24, 2.45) is 0 Å². The van der Waals surface area contributed by atoms with Crippen molar-refractivity contribution in [3.8, 4) is 0 Å². The molecule has 1 N–H and O–H groups in total. The van der Waals surface area contributed by atoms with E-state index in [-0.39, 0.29) is 23.0 Å². The Labute approximate surface area is 178 Å². The van der Waals surface area contributed by atoms with Crippen molar-refractivity contribution < 1.29 is 14.0 Å². The Bertz CT molecular complexity index is 1050. The monoisotopic (exact) mass is 478 g/mol. The van der Waals surface area contributed by atoms with E-state index in [4.69, 9.17) is 11.6 Å². The van der Waals surface area contributed by atoms with Crippen LogP contribution in [0.25, 0.3) is 0 Å². The van der Waals surface area contributed by atoms with Gasteiger partial charge in [0.25, 0.3) is 5.91 Å². The molecule has 1 atom stereocenters. The quantitative estimate of drug-likeness (QED) is 0.529. The summed E-state index contributed by atoms with van der Waals surface area (Å²) in [6.45, 7) is -0.224. The predicted molar refractivity (Wildman–Crippen MR) is 111 cm³/mol. The average Bonchev–Trinajstić information content (AvgIpc) is 3.12. The highest BCUT2D eigenvalue weighted by molar-refractivity contribution is 9.10. The number of rotatable bonds is 2. The molecule has 28 heavy (non-hydrogen) atoms. The summed E-state index contributed by atoms with van der Waals surface area (Å²) in [5.74, 6) is -1.71. The number of thiophene rings is 1. The first-order valence-electron chi connectivity index (χ1n) is 8.33. The van der Waals surface area contributed by atoms with Crippen molar-refractivity contribution in [3.05, 3.63) is 85.2 Å². The Morgan fingerprint density at radius 1 is 1.25 bits per heavy atom. The number of nitrogens with one attached hydrogen (secondary N) is 1. The van der Waals surface area contributed by atoms with Crippen molar-refractivity contribution in [1.82, 2.24) is 4.90 Å². The molecule has 0 spiro atoms. The number of amides is 2. The summed E-state index contributed by atoms with van der Waals surface area (Å²) in [4.78, 5) is 28.1. The molecule has 2 amide bonds. The van der Waals surface area contributed by atoms with Gasteiger partial charge in [0, 0.05) is 20.6 Å². The van der Waals surface area contributed by atoms with Gasteiger partial charge in [-0.25, -0.2) is 4.39 Å². The van der Waals surface area contributed by atoms with Gasteiger partial charge in [0.2, 0.25) is 5.91 Å². The summed E-state index contributed by atoms with van der Waals surface area (Å²) >= 11 is 11.0. The van der Waals surface area contributed by atoms with Crippen molar-refractivity contribution in [1.29, 1.82) is 0 Å². The zero-order valence-corrected chi connectivity index (χ0v) is 17.4. The second-order valence-corrected chi connectivity index (χ2v) is 8.53. The van der Waals surface area contributed by atoms with Crippen LogP contribution in [0.4, 0.5) is 10.1 Å². The van der Waals surface area contributed by atoms with E-state index in [0.717, 1.165) is 14.9 Å². The maximum Gasteiger partial charge on any atom is 0.259 e. The Morgan fingerprint density at radius 3 is 2.79 bits per heavy atom. The van der Waals surface area contributed by atoms with Gasteiger partial charge in [-0.05, 0) is 41.8 Å². The summed E-state index contributed by atoms with van der Waals surface area (Å²) in [5.41, 5.74) is 1.11. The fourth-order valence-corrected chi connectivity index (χ4v) is 4.74. The van der Waals surface area contributed by atoms with Gasteiger partial charge in [-0.15, -0.1) is 11.3 Å². The minimum atomic E-state index is -0.721. The van der Waals surface area contributed by atoms with E-state index in [0.29, 0.717) is 5.69 Å². The Morgan fingerprint density at radius 2 is 2.07 bits per heavy atom. The van der Waals surface area contributed by atoms with Gasteiger partial charge in [-0.3, -0.25) is 9.59 Å². The van der Waals surface area contributed by atoms with E-state index < -0.39 is 17.8 Å². The standard InChI is InChI=1S/C20H13BrClFN2O2S/c21-11-6-7-15-12(9-11)19(16-5-2-8-28-16)25(10-17(26)24-15)20(27)18-13(22)3-1-4-14(18)23/h1-9,19H,10H2,(H,24,26). The van der Waals surface area contributed by atoms with Crippen LogP contribution in [0.5, 0.6) is 0 Å². The smallest absolute Gasteiger partial charge is 0.259 e. The number of hydrogen-bond donors (Lipinski definition) is 1. The van der Waals surface area contributed by atoms with Gasteiger partial charge < -0.3 is 10.2 Å². The number of fused-ring (bicyclic) bond motifs is 1. The van der Waals surface area contributed by atoms with Crippen molar-refractivity contribution in [3.63, 3.8) is 0 Å². The van der Waals surface area contributed by atoms with Crippen LogP contribution in [0.15, 0.2) is 58.4 Å². The summed E-state index contributed by atoms with van der Waals surface area (Å²) in [6.07, 6.45) is 0. The van der Waals surface area contributed by atoms with Crippen LogP contribution in [-0.2, 0) is 4.79 Å². The molecular weight excluding hydrogens is 467 g/mol. The number of hydrogen-bond acceptors (Lipinski definition) is 3. The summed E-state index contributed by atoms with van der Waals surface area (Å²) in [5, 5.41) is 4.73. The van der Waals surface area contributed by atoms with Crippen LogP contribution in [0.2, 0.25) is 5.02 Å².